The van der Waals surface area contributed by atoms with Crippen LogP contribution in [0.4, 0.5) is 0 Å². The number of hydrogen-bond donors (Lipinski definition) is 2. The molecule has 0 aromatic rings. The van der Waals surface area contributed by atoms with Gasteiger partial charge in [-0.25, -0.2) is 0 Å². The third-order valence-corrected chi connectivity index (χ3v) is 4.48. The van der Waals surface area contributed by atoms with Gasteiger partial charge in [0.1, 0.15) is 0 Å². The Morgan fingerprint density at radius 2 is 1.90 bits per heavy atom. The van der Waals surface area contributed by atoms with Gasteiger partial charge in [0, 0.05) is 6.04 Å². The van der Waals surface area contributed by atoms with E-state index in [1.54, 1.807) is 0 Å². The number of nitrogens with zero attached hydrogens (tertiary/aromatic N) is 1. The third kappa shape index (κ3) is 8.42. The minimum absolute atomic E-state index is 0.185. The molecule has 1 aliphatic rings. The Labute approximate surface area is 130 Å². The second kappa shape index (κ2) is 10.2. The molecule has 1 atom stereocenters. The van der Waals surface area contributed by atoms with Gasteiger partial charge in [0.05, 0.1) is 6.54 Å². The lowest BCUT2D eigenvalue weighted by Crippen LogP contribution is -2.44. The minimum atomic E-state index is 0.185. The highest BCUT2D eigenvalue weighted by Gasteiger charge is 2.20. The normalized spacial score (nSPS) is 18.9. The number of nitrogens with two attached hydrogens (primary N) is 1. The van der Waals surface area contributed by atoms with Gasteiger partial charge in [-0.3, -0.25) is 9.69 Å². The fourth-order valence-corrected chi connectivity index (χ4v) is 3.10. The maximum atomic E-state index is 12.1. The van der Waals surface area contributed by atoms with Gasteiger partial charge in [0.2, 0.25) is 5.91 Å². The van der Waals surface area contributed by atoms with E-state index in [4.69, 9.17) is 5.73 Å². The molecule has 124 valence electrons. The maximum absolute atomic E-state index is 12.1. The summed E-state index contributed by atoms with van der Waals surface area (Å²) < 4.78 is 0. The average molecular weight is 297 g/mol. The Kier molecular flexibility index (Phi) is 8.93. The second-order valence-corrected chi connectivity index (χ2v) is 7.09. The Bertz CT molecular complexity index is 286. The predicted molar refractivity (Wildman–Crippen MR) is 89.1 cm³/mol. The van der Waals surface area contributed by atoms with E-state index in [0.717, 1.165) is 44.3 Å². The van der Waals surface area contributed by atoms with Gasteiger partial charge in [-0.1, -0.05) is 26.7 Å². The second-order valence-electron chi connectivity index (χ2n) is 7.09. The van der Waals surface area contributed by atoms with Crippen molar-refractivity contribution in [2.75, 3.05) is 26.2 Å². The molecule has 0 aromatic carbocycles. The number of likely N-dealkylation sites (tertiary alicyclic amines) is 1. The van der Waals surface area contributed by atoms with Gasteiger partial charge in [-0.15, -0.1) is 0 Å². The van der Waals surface area contributed by atoms with Crippen LogP contribution in [0.3, 0.4) is 0 Å². The summed E-state index contributed by atoms with van der Waals surface area (Å²) in [4.78, 5) is 14.3. The van der Waals surface area contributed by atoms with Crippen molar-refractivity contribution in [2.24, 2.45) is 17.6 Å². The van der Waals surface area contributed by atoms with E-state index >= 15 is 0 Å². The molecule has 1 aliphatic heterocycles. The van der Waals surface area contributed by atoms with E-state index in [0.29, 0.717) is 12.6 Å². The SMILES string of the molecule is CC(C)CCCC(C)NC(=O)CN1CCC(CCN)CC1. The number of amides is 1. The number of hydrogen-bond acceptors (Lipinski definition) is 3. The number of carbonyl (C=O) groups is 1. The van der Waals surface area contributed by atoms with Crippen LogP contribution in [-0.4, -0.2) is 43.0 Å². The lowest BCUT2D eigenvalue weighted by atomic mass is 9.94. The molecule has 1 fully saturated rings. The van der Waals surface area contributed by atoms with E-state index in [1.165, 1.54) is 25.7 Å². The summed E-state index contributed by atoms with van der Waals surface area (Å²) in [5.41, 5.74) is 5.61. The van der Waals surface area contributed by atoms with Gasteiger partial charge >= 0.3 is 0 Å². The van der Waals surface area contributed by atoms with Crippen LogP contribution >= 0.6 is 0 Å². The zero-order valence-corrected chi connectivity index (χ0v) is 14.2. The summed E-state index contributed by atoms with van der Waals surface area (Å²) in [6.45, 7) is 10.0. The Hall–Kier alpha value is -0.610. The first-order chi connectivity index (χ1) is 10.0. The summed E-state index contributed by atoms with van der Waals surface area (Å²) in [6, 6.07) is 0.297. The first-order valence-electron chi connectivity index (χ1n) is 8.73. The van der Waals surface area contributed by atoms with Crippen molar-refractivity contribution in [1.29, 1.82) is 0 Å². The van der Waals surface area contributed by atoms with E-state index in [1.807, 2.05) is 0 Å². The first kappa shape index (κ1) is 18.4. The molecule has 0 aromatic heterocycles. The van der Waals surface area contributed by atoms with Gasteiger partial charge in [-0.2, -0.15) is 0 Å². The lowest BCUT2D eigenvalue weighted by Gasteiger charge is -2.31. The fourth-order valence-electron chi connectivity index (χ4n) is 3.10. The quantitative estimate of drug-likeness (QED) is 0.687. The smallest absolute Gasteiger partial charge is 0.234 e. The molecule has 0 saturated carbocycles. The van der Waals surface area contributed by atoms with Crippen molar-refractivity contribution >= 4 is 5.91 Å². The van der Waals surface area contributed by atoms with Crippen LogP contribution in [0.25, 0.3) is 0 Å². The molecule has 1 amide bonds. The highest BCUT2D eigenvalue weighted by atomic mass is 16.2. The van der Waals surface area contributed by atoms with Crippen LogP contribution in [0.2, 0.25) is 0 Å². The molecule has 21 heavy (non-hydrogen) atoms. The van der Waals surface area contributed by atoms with Crippen molar-refractivity contribution in [3.8, 4) is 0 Å². The van der Waals surface area contributed by atoms with Crippen LogP contribution in [0.15, 0.2) is 0 Å². The third-order valence-electron chi connectivity index (χ3n) is 4.48. The van der Waals surface area contributed by atoms with Crippen LogP contribution in [0.1, 0.15) is 59.3 Å². The van der Waals surface area contributed by atoms with Crippen LogP contribution in [-0.2, 0) is 4.79 Å². The molecular weight excluding hydrogens is 262 g/mol. The molecular formula is C17H35N3O. The van der Waals surface area contributed by atoms with E-state index < -0.39 is 0 Å². The molecule has 1 unspecified atom stereocenters. The largest absolute Gasteiger partial charge is 0.353 e. The van der Waals surface area contributed by atoms with E-state index in [9.17, 15) is 4.79 Å². The zero-order valence-electron chi connectivity index (χ0n) is 14.2. The van der Waals surface area contributed by atoms with Crippen molar-refractivity contribution in [3.05, 3.63) is 0 Å². The first-order valence-corrected chi connectivity index (χ1v) is 8.73. The van der Waals surface area contributed by atoms with E-state index in [2.05, 4.69) is 31.0 Å². The highest BCUT2D eigenvalue weighted by Crippen LogP contribution is 2.19. The maximum Gasteiger partial charge on any atom is 0.234 e. The van der Waals surface area contributed by atoms with Crippen LogP contribution < -0.4 is 11.1 Å². The van der Waals surface area contributed by atoms with Gasteiger partial charge in [-0.05, 0) is 64.1 Å². The minimum Gasteiger partial charge on any atom is -0.353 e. The van der Waals surface area contributed by atoms with Gasteiger partial charge in [0.25, 0.3) is 0 Å². The van der Waals surface area contributed by atoms with Crippen molar-refractivity contribution in [3.63, 3.8) is 0 Å². The summed E-state index contributed by atoms with van der Waals surface area (Å²) in [6.07, 6.45) is 7.04. The van der Waals surface area contributed by atoms with Crippen LogP contribution in [0.5, 0.6) is 0 Å². The molecule has 1 saturated heterocycles. The highest BCUT2D eigenvalue weighted by molar-refractivity contribution is 5.78. The predicted octanol–water partition coefficient (Wildman–Crippen LogP) is 2.38. The van der Waals surface area contributed by atoms with Crippen molar-refractivity contribution in [2.45, 2.75) is 65.3 Å². The Balaban J connectivity index is 2.13. The average Bonchev–Trinajstić information content (AvgIpc) is 2.40. The molecule has 1 rings (SSSR count). The number of carbonyl (C=O) groups excluding carboxylic acids is 1. The Morgan fingerprint density at radius 1 is 1.24 bits per heavy atom. The monoisotopic (exact) mass is 297 g/mol. The van der Waals surface area contributed by atoms with Gasteiger partial charge in [0.15, 0.2) is 0 Å². The summed E-state index contributed by atoms with van der Waals surface area (Å²) in [7, 11) is 0. The number of rotatable bonds is 9. The summed E-state index contributed by atoms with van der Waals surface area (Å²) in [5.74, 6) is 1.70. The summed E-state index contributed by atoms with van der Waals surface area (Å²) in [5, 5.41) is 3.14. The van der Waals surface area contributed by atoms with Crippen LogP contribution in [0, 0.1) is 11.8 Å². The topological polar surface area (TPSA) is 58.4 Å². The molecule has 1 heterocycles. The van der Waals surface area contributed by atoms with Gasteiger partial charge < -0.3 is 11.1 Å². The number of nitrogens with one attached hydrogen (secondary N) is 1. The van der Waals surface area contributed by atoms with Crippen molar-refractivity contribution in [1.82, 2.24) is 10.2 Å². The molecule has 4 heteroatoms. The lowest BCUT2D eigenvalue weighted by molar-refractivity contribution is -0.123. The van der Waals surface area contributed by atoms with Crippen molar-refractivity contribution < 1.29 is 4.79 Å². The standard InChI is InChI=1S/C17H35N3O/c1-14(2)5-4-6-15(3)19-17(21)13-20-11-8-16(7-10-18)9-12-20/h14-16H,4-13,18H2,1-3H3,(H,19,21). The molecule has 4 nitrogen and oxygen atoms in total. The van der Waals surface area contributed by atoms with E-state index in [-0.39, 0.29) is 5.91 Å². The summed E-state index contributed by atoms with van der Waals surface area (Å²) >= 11 is 0. The Morgan fingerprint density at radius 3 is 2.48 bits per heavy atom. The zero-order chi connectivity index (χ0) is 15.7. The molecule has 0 spiro atoms. The number of piperidine rings is 1. The molecule has 0 aliphatic carbocycles. The molecule has 0 radical (unpaired) electrons. The molecule has 0 bridgehead atoms. The molecule has 3 N–H and O–H groups in total. The fraction of sp³-hybridized carbons (Fsp3) is 0.941.